The minimum atomic E-state index is -0.356. The molecule has 6 nitrogen and oxygen atoms in total. The highest BCUT2D eigenvalue weighted by atomic mass is 16.5. The number of methoxy groups -OCH3 is 1. The molecule has 0 atom stereocenters. The molecule has 0 spiro atoms. The lowest BCUT2D eigenvalue weighted by molar-refractivity contribution is -0.137. The Kier molecular flexibility index (Phi) is 6.34. The molecule has 0 saturated heterocycles. The van der Waals surface area contributed by atoms with Crippen molar-refractivity contribution >= 4 is 23.1 Å². The van der Waals surface area contributed by atoms with E-state index in [1.54, 1.807) is 24.3 Å². The van der Waals surface area contributed by atoms with Gasteiger partial charge in [-0.25, -0.2) is 0 Å². The Labute approximate surface area is 171 Å². The quantitative estimate of drug-likeness (QED) is 0.693. The number of nitrogens with zero attached hydrogens (tertiary/aromatic N) is 1. The topological polar surface area (TPSA) is 67.9 Å². The minimum Gasteiger partial charge on any atom is -0.491 e. The van der Waals surface area contributed by atoms with E-state index < -0.39 is 0 Å². The first-order valence-corrected chi connectivity index (χ1v) is 9.61. The lowest BCUT2D eigenvalue weighted by Gasteiger charge is -2.14. The summed E-state index contributed by atoms with van der Waals surface area (Å²) in [7, 11) is 1.54. The molecule has 1 aliphatic heterocycles. The molecule has 0 bridgehead atoms. The monoisotopic (exact) mass is 394 g/mol. The van der Waals surface area contributed by atoms with Gasteiger partial charge in [0.1, 0.15) is 11.4 Å². The van der Waals surface area contributed by atoms with Gasteiger partial charge in [-0.15, -0.1) is 0 Å². The zero-order chi connectivity index (χ0) is 21.0. The smallest absolute Gasteiger partial charge is 0.278 e. The van der Waals surface area contributed by atoms with Crippen molar-refractivity contribution in [2.45, 2.75) is 26.9 Å². The van der Waals surface area contributed by atoms with Crippen molar-refractivity contribution in [1.29, 1.82) is 0 Å². The molecule has 0 radical (unpaired) electrons. The number of anilines is 1. The van der Waals surface area contributed by atoms with Crippen molar-refractivity contribution in [1.82, 2.24) is 4.90 Å². The molecule has 6 heteroatoms. The highest BCUT2D eigenvalue weighted by molar-refractivity contribution is 6.36. The summed E-state index contributed by atoms with van der Waals surface area (Å²) in [5.74, 6) is 0.0229. The number of carbonyl (C=O) groups is 2. The van der Waals surface area contributed by atoms with E-state index in [1.807, 2.05) is 45.0 Å². The fraction of sp³-hybridized carbons (Fsp3) is 0.304. The van der Waals surface area contributed by atoms with Gasteiger partial charge in [-0.05, 0) is 50.6 Å². The molecule has 0 aliphatic carbocycles. The highest BCUT2D eigenvalue weighted by Crippen LogP contribution is 2.31. The second-order valence-corrected chi connectivity index (χ2v) is 7.19. The van der Waals surface area contributed by atoms with Crippen LogP contribution in [0.1, 0.15) is 25.0 Å². The molecular weight excluding hydrogens is 368 g/mol. The predicted octanol–water partition coefficient (Wildman–Crippen LogP) is 3.62. The summed E-state index contributed by atoms with van der Waals surface area (Å²) in [5, 5.41) is 3.15. The van der Waals surface area contributed by atoms with Crippen LogP contribution in [-0.4, -0.2) is 43.1 Å². The van der Waals surface area contributed by atoms with Gasteiger partial charge in [-0.2, -0.15) is 0 Å². The number of rotatable bonds is 8. The standard InChI is InChI=1S/C23H26N2O4/c1-15(2)29-19-11-7-17(8-12-19)20-21(24-18-9-5-16(3)6-10-18)23(27)25(22(20)26)13-14-28-4/h5-12,15,24H,13-14H2,1-4H3. The van der Waals surface area contributed by atoms with Crippen LogP contribution in [0.2, 0.25) is 0 Å². The summed E-state index contributed by atoms with van der Waals surface area (Å²) in [6.07, 6.45) is 0.0538. The minimum absolute atomic E-state index is 0.0538. The van der Waals surface area contributed by atoms with Crippen molar-refractivity contribution in [2.24, 2.45) is 0 Å². The molecule has 1 aliphatic rings. The Balaban J connectivity index is 1.98. The molecule has 0 unspecified atom stereocenters. The number of benzene rings is 2. The van der Waals surface area contributed by atoms with E-state index >= 15 is 0 Å². The maximum atomic E-state index is 13.1. The van der Waals surface area contributed by atoms with Gasteiger partial charge in [-0.3, -0.25) is 14.5 Å². The second kappa shape index (κ2) is 8.92. The van der Waals surface area contributed by atoms with Gasteiger partial charge in [0.2, 0.25) is 0 Å². The Bertz CT molecular complexity index is 915. The van der Waals surface area contributed by atoms with Gasteiger partial charge < -0.3 is 14.8 Å². The van der Waals surface area contributed by atoms with Crippen LogP contribution in [0.4, 0.5) is 5.69 Å². The van der Waals surface area contributed by atoms with Gasteiger partial charge >= 0.3 is 0 Å². The van der Waals surface area contributed by atoms with Gasteiger partial charge in [0, 0.05) is 12.8 Å². The predicted molar refractivity (Wildman–Crippen MR) is 113 cm³/mol. The molecule has 0 saturated carbocycles. The molecule has 152 valence electrons. The third kappa shape index (κ3) is 4.66. The first-order chi connectivity index (χ1) is 13.9. The Morgan fingerprint density at radius 2 is 1.62 bits per heavy atom. The van der Waals surface area contributed by atoms with E-state index in [0.29, 0.717) is 16.9 Å². The normalized spacial score (nSPS) is 14.2. The van der Waals surface area contributed by atoms with Crippen LogP contribution in [0, 0.1) is 6.92 Å². The first-order valence-electron chi connectivity index (χ1n) is 9.61. The van der Waals surface area contributed by atoms with Crippen molar-refractivity contribution in [2.75, 3.05) is 25.6 Å². The molecule has 29 heavy (non-hydrogen) atoms. The SMILES string of the molecule is COCCN1C(=O)C(Nc2ccc(C)cc2)=C(c2ccc(OC(C)C)cc2)C1=O. The molecular formula is C23H26N2O4. The summed E-state index contributed by atoms with van der Waals surface area (Å²) >= 11 is 0. The van der Waals surface area contributed by atoms with Crippen LogP contribution in [0.5, 0.6) is 5.75 Å². The van der Waals surface area contributed by atoms with Crippen molar-refractivity contribution in [3.63, 3.8) is 0 Å². The van der Waals surface area contributed by atoms with Crippen LogP contribution in [0.25, 0.3) is 5.57 Å². The van der Waals surface area contributed by atoms with Crippen LogP contribution >= 0.6 is 0 Å². The van der Waals surface area contributed by atoms with Crippen LogP contribution in [0.3, 0.4) is 0 Å². The lowest BCUT2D eigenvalue weighted by atomic mass is 10.0. The molecule has 1 N–H and O–H groups in total. The highest BCUT2D eigenvalue weighted by Gasteiger charge is 2.38. The van der Waals surface area contributed by atoms with E-state index in [1.165, 1.54) is 12.0 Å². The summed E-state index contributed by atoms with van der Waals surface area (Å²) in [4.78, 5) is 27.3. The third-order valence-electron chi connectivity index (χ3n) is 4.52. The molecule has 0 aromatic heterocycles. The number of amides is 2. The van der Waals surface area contributed by atoms with E-state index in [2.05, 4.69) is 5.32 Å². The van der Waals surface area contributed by atoms with Crippen LogP contribution in [-0.2, 0) is 14.3 Å². The van der Waals surface area contributed by atoms with E-state index in [9.17, 15) is 9.59 Å². The van der Waals surface area contributed by atoms with Crippen LogP contribution < -0.4 is 10.1 Å². The van der Waals surface area contributed by atoms with Crippen molar-refractivity contribution in [3.05, 3.63) is 65.4 Å². The number of carbonyl (C=O) groups excluding carboxylic acids is 2. The second-order valence-electron chi connectivity index (χ2n) is 7.19. The van der Waals surface area contributed by atoms with Gasteiger partial charge in [0.05, 0.1) is 24.8 Å². The zero-order valence-corrected chi connectivity index (χ0v) is 17.2. The van der Waals surface area contributed by atoms with Crippen molar-refractivity contribution < 1.29 is 19.1 Å². The fourth-order valence-corrected chi connectivity index (χ4v) is 3.10. The average molecular weight is 394 g/mol. The Morgan fingerprint density at radius 1 is 0.966 bits per heavy atom. The maximum Gasteiger partial charge on any atom is 0.278 e. The molecule has 0 fully saturated rings. The number of nitrogens with one attached hydrogen (secondary N) is 1. The summed E-state index contributed by atoms with van der Waals surface area (Å²) < 4.78 is 10.7. The maximum absolute atomic E-state index is 13.1. The van der Waals surface area contributed by atoms with Gasteiger partial charge in [0.15, 0.2) is 0 Å². The number of hydrogen-bond donors (Lipinski definition) is 1. The molecule has 1 heterocycles. The molecule has 2 aromatic carbocycles. The number of hydrogen-bond acceptors (Lipinski definition) is 5. The Hall–Kier alpha value is -3.12. The zero-order valence-electron chi connectivity index (χ0n) is 17.2. The van der Waals surface area contributed by atoms with E-state index in [-0.39, 0.29) is 36.8 Å². The molecule has 2 aromatic rings. The van der Waals surface area contributed by atoms with Gasteiger partial charge in [-0.1, -0.05) is 29.8 Å². The first kappa shape index (κ1) is 20.6. The van der Waals surface area contributed by atoms with Crippen molar-refractivity contribution in [3.8, 4) is 5.75 Å². The average Bonchev–Trinajstić information content (AvgIpc) is 2.92. The third-order valence-corrected chi connectivity index (χ3v) is 4.52. The summed E-state index contributed by atoms with van der Waals surface area (Å²) in [5.41, 5.74) is 3.14. The van der Waals surface area contributed by atoms with E-state index in [0.717, 1.165) is 11.3 Å². The van der Waals surface area contributed by atoms with E-state index in [4.69, 9.17) is 9.47 Å². The lowest BCUT2D eigenvalue weighted by Crippen LogP contribution is -2.35. The van der Waals surface area contributed by atoms with Crippen LogP contribution in [0.15, 0.2) is 54.2 Å². The Morgan fingerprint density at radius 3 is 2.21 bits per heavy atom. The number of imide groups is 1. The number of aryl methyl sites for hydroxylation is 1. The molecule has 2 amide bonds. The molecule has 3 rings (SSSR count). The number of ether oxygens (including phenoxy) is 2. The largest absolute Gasteiger partial charge is 0.491 e. The van der Waals surface area contributed by atoms with Gasteiger partial charge in [0.25, 0.3) is 11.8 Å². The summed E-state index contributed by atoms with van der Waals surface area (Å²) in [6.45, 7) is 6.38. The summed E-state index contributed by atoms with van der Waals surface area (Å²) in [6, 6.07) is 14.9. The fourth-order valence-electron chi connectivity index (χ4n) is 3.10.